The number of amides is 1. The van der Waals surface area contributed by atoms with E-state index in [-0.39, 0.29) is 11.4 Å². The highest BCUT2D eigenvalue weighted by Gasteiger charge is 2.13. The number of benzene rings is 2. The summed E-state index contributed by atoms with van der Waals surface area (Å²) in [7, 11) is 1.54. The van der Waals surface area contributed by atoms with Crippen LogP contribution in [0.25, 0.3) is 6.08 Å². The Balaban J connectivity index is 1.87. The van der Waals surface area contributed by atoms with Crippen LogP contribution >= 0.6 is 0 Å². The lowest BCUT2D eigenvalue weighted by atomic mass is 10.2. The first-order valence-electron chi connectivity index (χ1n) is 7.93. The van der Waals surface area contributed by atoms with Crippen LogP contribution in [-0.2, 0) is 14.3 Å². The molecule has 8 heteroatoms. The van der Waals surface area contributed by atoms with E-state index < -0.39 is 23.4 Å². The van der Waals surface area contributed by atoms with Gasteiger partial charge in [-0.3, -0.25) is 14.9 Å². The van der Waals surface area contributed by atoms with Crippen molar-refractivity contribution in [1.82, 2.24) is 0 Å². The zero-order valence-electron chi connectivity index (χ0n) is 14.8. The van der Waals surface area contributed by atoms with E-state index in [4.69, 9.17) is 9.47 Å². The number of methoxy groups -OCH3 is 1. The molecule has 0 aliphatic rings. The van der Waals surface area contributed by atoms with Gasteiger partial charge in [0.15, 0.2) is 6.61 Å². The standard InChI is InChI=1S/C19H18N2O6/c1-13-6-8-15(11-17(13)21(24)25)20-18(22)12-27-19(23)9-7-14-4-3-5-16(10-14)26-2/h3-11H,12H2,1-2H3,(H,20,22). The molecule has 1 N–H and O–H groups in total. The zero-order valence-corrected chi connectivity index (χ0v) is 14.8. The van der Waals surface area contributed by atoms with Gasteiger partial charge in [0.25, 0.3) is 11.6 Å². The molecule has 0 saturated carbocycles. The number of esters is 1. The number of hydrogen-bond donors (Lipinski definition) is 1. The van der Waals surface area contributed by atoms with Gasteiger partial charge in [-0.2, -0.15) is 0 Å². The number of aryl methyl sites for hydroxylation is 1. The Morgan fingerprint density at radius 2 is 2.00 bits per heavy atom. The van der Waals surface area contributed by atoms with Crippen molar-refractivity contribution in [1.29, 1.82) is 0 Å². The first kappa shape index (κ1) is 19.6. The molecule has 0 heterocycles. The number of nitro benzene ring substituents is 1. The van der Waals surface area contributed by atoms with Crippen molar-refractivity contribution in [3.63, 3.8) is 0 Å². The largest absolute Gasteiger partial charge is 0.497 e. The molecule has 2 rings (SSSR count). The monoisotopic (exact) mass is 370 g/mol. The lowest BCUT2D eigenvalue weighted by Crippen LogP contribution is -2.20. The van der Waals surface area contributed by atoms with Crippen molar-refractivity contribution in [2.24, 2.45) is 0 Å². The molecule has 0 saturated heterocycles. The van der Waals surface area contributed by atoms with Crippen LogP contribution in [0.15, 0.2) is 48.5 Å². The molecule has 0 radical (unpaired) electrons. The highest BCUT2D eigenvalue weighted by atomic mass is 16.6. The summed E-state index contributed by atoms with van der Waals surface area (Å²) in [4.78, 5) is 33.9. The second kappa shape index (κ2) is 9.14. The van der Waals surface area contributed by atoms with Gasteiger partial charge in [0.05, 0.1) is 12.0 Å². The summed E-state index contributed by atoms with van der Waals surface area (Å²) in [6.07, 6.45) is 2.73. The number of hydrogen-bond acceptors (Lipinski definition) is 6. The topological polar surface area (TPSA) is 108 Å². The van der Waals surface area contributed by atoms with Crippen LogP contribution < -0.4 is 10.1 Å². The summed E-state index contributed by atoms with van der Waals surface area (Å²) in [5, 5.41) is 13.4. The number of nitrogens with zero attached hydrogens (tertiary/aromatic N) is 1. The van der Waals surface area contributed by atoms with Crippen LogP contribution in [-0.4, -0.2) is 30.5 Å². The molecule has 0 unspecified atom stereocenters. The zero-order chi connectivity index (χ0) is 19.8. The molecule has 0 spiro atoms. The summed E-state index contributed by atoms with van der Waals surface area (Å²) >= 11 is 0. The van der Waals surface area contributed by atoms with Crippen LogP contribution in [0.4, 0.5) is 11.4 Å². The van der Waals surface area contributed by atoms with E-state index in [0.717, 1.165) is 5.56 Å². The summed E-state index contributed by atoms with van der Waals surface area (Å²) in [5.41, 5.74) is 1.36. The minimum absolute atomic E-state index is 0.106. The molecule has 0 bridgehead atoms. The Labute approximate surface area is 155 Å². The van der Waals surface area contributed by atoms with E-state index in [0.29, 0.717) is 11.3 Å². The van der Waals surface area contributed by atoms with Crippen molar-refractivity contribution in [3.8, 4) is 5.75 Å². The molecule has 8 nitrogen and oxygen atoms in total. The maximum Gasteiger partial charge on any atom is 0.331 e. The number of rotatable bonds is 7. The number of anilines is 1. The molecule has 0 aromatic heterocycles. The molecule has 0 aliphatic carbocycles. The normalized spacial score (nSPS) is 10.4. The molecule has 0 fully saturated rings. The molecule has 140 valence electrons. The Morgan fingerprint density at radius 1 is 1.22 bits per heavy atom. The minimum Gasteiger partial charge on any atom is -0.497 e. The van der Waals surface area contributed by atoms with E-state index in [1.807, 2.05) is 0 Å². The maximum atomic E-state index is 11.8. The molecule has 2 aromatic carbocycles. The number of ether oxygens (including phenoxy) is 2. The highest BCUT2D eigenvalue weighted by molar-refractivity contribution is 5.94. The second-order valence-electron chi connectivity index (χ2n) is 5.52. The smallest absolute Gasteiger partial charge is 0.331 e. The average Bonchev–Trinajstić information content (AvgIpc) is 2.66. The van der Waals surface area contributed by atoms with Crippen LogP contribution in [0.3, 0.4) is 0 Å². The van der Waals surface area contributed by atoms with Gasteiger partial charge in [0, 0.05) is 23.4 Å². The molecule has 27 heavy (non-hydrogen) atoms. The van der Waals surface area contributed by atoms with Crippen LogP contribution in [0.2, 0.25) is 0 Å². The first-order chi connectivity index (χ1) is 12.9. The van der Waals surface area contributed by atoms with Crippen molar-refractivity contribution in [3.05, 3.63) is 69.8 Å². The van der Waals surface area contributed by atoms with E-state index in [1.54, 1.807) is 38.3 Å². The molecule has 2 aromatic rings. The van der Waals surface area contributed by atoms with Crippen LogP contribution in [0.1, 0.15) is 11.1 Å². The van der Waals surface area contributed by atoms with Gasteiger partial charge in [0.2, 0.25) is 0 Å². The summed E-state index contributed by atoms with van der Waals surface area (Å²) in [5.74, 6) is -0.642. The molecule has 1 amide bonds. The lowest BCUT2D eigenvalue weighted by Gasteiger charge is -2.06. The van der Waals surface area contributed by atoms with Crippen LogP contribution in [0, 0.1) is 17.0 Å². The van der Waals surface area contributed by atoms with Gasteiger partial charge in [-0.15, -0.1) is 0 Å². The van der Waals surface area contributed by atoms with E-state index in [2.05, 4.69) is 5.32 Å². The average molecular weight is 370 g/mol. The van der Waals surface area contributed by atoms with Crippen molar-refractivity contribution in [2.75, 3.05) is 19.0 Å². The number of carbonyl (C=O) groups excluding carboxylic acids is 2. The Hall–Kier alpha value is -3.68. The quantitative estimate of drug-likeness (QED) is 0.347. The Kier molecular flexibility index (Phi) is 6.65. The van der Waals surface area contributed by atoms with Crippen molar-refractivity contribution in [2.45, 2.75) is 6.92 Å². The summed E-state index contributed by atoms with van der Waals surface area (Å²) in [6.45, 7) is 1.09. The van der Waals surface area contributed by atoms with Crippen LogP contribution in [0.5, 0.6) is 5.75 Å². The summed E-state index contributed by atoms with van der Waals surface area (Å²) < 4.78 is 9.94. The Bertz CT molecular complexity index is 892. The van der Waals surface area contributed by atoms with Crippen molar-refractivity contribution >= 4 is 29.3 Å². The van der Waals surface area contributed by atoms with E-state index in [9.17, 15) is 19.7 Å². The highest BCUT2D eigenvalue weighted by Crippen LogP contribution is 2.22. The van der Waals surface area contributed by atoms with E-state index in [1.165, 1.54) is 30.4 Å². The fourth-order valence-corrected chi connectivity index (χ4v) is 2.18. The number of carbonyl (C=O) groups is 2. The maximum absolute atomic E-state index is 11.8. The SMILES string of the molecule is COc1cccc(C=CC(=O)OCC(=O)Nc2ccc(C)c([N+](=O)[O-])c2)c1. The first-order valence-corrected chi connectivity index (χ1v) is 7.93. The molecule has 0 atom stereocenters. The lowest BCUT2D eigenvalue weighted by molar-refractivity contribution is -0.385. The van der Waals surface area contributed by atoms with Gasteiger partial charge in [-0.25, -0.2) is 4.79 Å². The second-order valence-corrected chi connectivity index (χ2v) is 5.52. The van der Waals surface area contributed by atoms with E-state index >= 15 is 0 Å². The fourth-order valence-electron chi connectivity index (χ4n) is 2.18. The van der Waals surface area contributed by atoms with Crippen molar-refractivity contribution < 1.29 is 24.0 Å². The third kappa shape index (κ3) is 5.96. The Morgan fingerprint density at radius 3 is 2.70 bits per heavy atom. The minimum atomic E-state index is -0.692. The third-order valence-electron chi connectivity index (χ3n) is 3.54. The van der Waals surface area contributed by atoms with Gasteiger partial charge in [-0.1, -0.05) is 18.2 Å². The van der Waals surface area contributed by atoms with Gasteiger partial charge in [0.1, 0.15) is 5.75 Å². The molecular formula is C19H18N2O6. The van der Waals surface area contributed by atoms with Gasteiger partial charge in [-0.05, 0) is 36.8 Å². The number of nitrogens with one attached hydrogen (secondary N) is 1. The molecule has 0 aliphatic heterocycles. The predicted octanol–water partition coefficient (Wildman–Crippen LogP) is 3.11. The third-order valence-corrected chi connectivity index (χ3v) is 3.54. The fraction of sp³-hybridized carbons (Fsp3) is 0.158. The molecular weight excluding hydrogens is 352 g/mol. The van der Waals surface area contributed by atoms with Gasteiger partial charge < -0.3 is 14.8 Å². The number of nitro groups is 1. The summed E-state index contributed by atoms with van der Waals surface area (Å²) in [6, 6.07) is 11.4. The predicted molar refractivity (Wildman–Crippen MR) is 99.5 cm³/mol. The van der Waals surface area contributed by atoms with Gasteiger partial charge >= 0.3 is 5.97 Å².